The molecule has 0 aromatic heterocycles. The summed E-state index contributed by atoms with van der Waals surface area (Å²) in [6.45, 7) is 1.62. The van der Waals surface area contributed by atoms with Crippen molar-refractivity contribution in [3.05, 3.63) is 29.8 Å². The predicted molar refractivity (Wildman–Crippen MR) is 70.5 cm³/mol. The smallest absolute Gasteiger partial charge is 0.253 e. The van der Waals surface area contributed by atoms with Crippen molar-refractivity contribution in [3.8, 4) is 5.75 Å². The summed E-state index contributed by atoms with van der Waals surface area (Å²) in [6.07, 6.45) is 2.23. The Kier molecular flexibility index (Phi) is 4.05. The summed E-state index contributed by atoms with van der Waals surface area (Å²) in [7, 11) is 0. The molecule has 1 N–H and O–H groups in total. The molecule has 2 rings (SSSR count). The van der Waals surface area contributed by atoms with E-state index in [4.69, 9.17) is 0 Å². The maximum atomic E-state index is 12.2. The van der Waals surface area contributed by atoms with E-state index >= 15 is 0 Å². The molecule has 1 heterocycles. The summed E-state index contributed by atoms with van der Waals surface area (Å²) in [6, 6.07) is 6.56. The molecule has 1 aromatic carbocycles. The van der Waals surface area contributed by atoms with Gasteiger partial charge < -0.3 is 10.0 Å². The molecular formula is C13H16BrNO2. The van der Waals surface area contributed by atoms with E-state index in [1.807, 2.05) is 4.90 Å². The summed E-state index contributed by atoms with van der Waals surface area (Å²) in [5.41, 5.74) is 0.570. The fourth-order valence-electron chi connectivity index (χ4n) is 2.20. The van der Waals surface area contributed by atoms with E-state index in [1.54, 1.807) is 18.2 Å². The normalized spacial score (nSPS) is 20.3. The largest absolute Gasteiger partial charge is 0.508 e. The second-order valence-corrected chi connectivity index (χ2v) is 5.11. The number of carbonyl (C=O) groups excluding carboxylic acids is 1. The van der Waals surface area contributed by atoms with Gasteiger partial charge in [0, 0.05) is 24.0 Å². The molecule has 1 fully saturated rings. The summed E-state index contributed by atoms with van der Waals surface area (Å²) in [5.74, 6) is 0.710. The lowest BCUT2D eigenvalue weighted by Gasteiger charge is -2.32. The zero-order valence-corrected chi connectivity index (χ0v) is 11.2. The van der Waals surface area contributed by atoms with Crippen molar-refractivity contribution in [2.24, 2.45) is 5.92 Å². The molecule has 1 atom stereocenters. The summed E-state index contributed by atoms with van der Waals surface area (Å²) in [4.78, 5) is 14.1. The summed E-state index contributed by atoms with van der Waals surface area (Å²) in [5, 5.41) is 10.3. The number of phenolic OH excluding ortho intramolecular Hbond substituents is 1. The van der Waals surface area contributed by atoms with Gasteiger partial charge in [-0.3, -0.25) is 4.79 Å². The van der Waals surface area contributed by atoms with Crippen LogP contribution in [0.2, 0.25) is 0 Å². The van der Waals surface area contributed by atoms with Crippen molar-refractivity contribution in [2.75, 3.05) is 18.4 Å². The first-order chi connectivity index (χ1) is 8.20. The van der Waals surface area contributed by atoms with Gasteiger partial charge in [-0.05, 0) is 37.0 Å². The molecule has 92 valence electrons. The van der Waals surface area contributed by atoms with Gasteiger partial charge in [0.15, 0.2) is 0 Å². The van der Waals surface area contributed by atoms with Crippen LogP contribution in [-0.2, 0) is 0 Å². The highest BCUT2D eigenvalue weighted by atomic mass is 79.9. The Morgan fingerprint density at radius 1 is 1.53 bits per heavy atom. The molecule has 3 nitrogen and oxygen atoms in total. The first-order valence-corrected chi connectivity index (χ1v) is 6.97. The number of likely N-dealkylation sites (tertiary alicyclic amines) is 1. The van der Waals surface area contributed by atoms with Crippen molar-refractivity contribution in [3.63, 3.8) is 0 Å². The number of carbonyl (C=O) groups is 1. The van der Waals surface area contributed by atoms with Gasteiger partial charge in [-0.15, -0.1) is 0 Å². The van der Waals surface area contributed by atoms with E-state index in [0.29, 0.717) is 11.5 Å². The van der Waals surface area contributed by atoms with E-state index in [0.717, 1.165) is 24.8 Å². The Labute approximate surface area is 110 Å². The third-order valence-corrected chi connectivity index (χ3v) is 4.03. The molecule has 1 amide bonds. The molecule has 0 radical (unpaired) electrons. The number of hydrogen-bond donors (Lipinski definition) is 1. The highest BCUT2D eigenvalue weighted by Crippen LogP contribution is 2.21. The van der Waals surface area contributed by atoms with Gasteiger partial charge in [0.2, 0.25) is 0 Å². The number of rotatable bonds is 2. The molecular weight excluding hydrogens is 282 g/mol. The fourth-order valence-corrected chi connectivity index (χ4v) is 2.73. The fraction of sp³-hybridized carbons (Fsp3) is 0.462. The minimum absolute atomic E-state index is 0.0200. The lowest BCUT2D eigenvalue weighted by atomic mass is 9.99. The van der Waals surface area contributed by atoms with Crippen LogP contribution in [0.25, 0.3) is 0 Å². The zero-order chi connectivity index (χ0) is 12.3. The summed E-state index contributed by atoms with van der Waals surface area (Å²) < 4.78 is 0. The first-order valence-electron chi connectivity index (χ1n) is 5.85. The monoisotopic (exact) mass is 297 g/mol. The average Bonchev–Trinajstić information content (AvgIpc) is 2.38. The first kappa shape index (κ1) is 12.4. The number of piperidine rings is 1. The number of phenols is 1. The average molecular weight is 298 g/mol. The van der Waals surface area contributed by atoms with Gasteiger partial charge in [-0.2, -0.15) is 0 Å². The van der Waals surface area contributed by atoms with Crippen molar-refractivity contribution in [2.45, 2.75) is 12.8 Å². The Bertz CT molecular complexity index is 408. The molecule has 0 aliphatic carbocycles. The highest BCUT2D eigenvalue weighted by molar-refractivity contribution is 9.09. The van der Waals surface area contributed by atoms with Gasteiger partial charge in [0.05, 0.1) is 0 Å². The van der Waals surface area contributed by atoms with Gasteiger partial charge in [0.25, 0.3) is 5.91 Å². The molecule has 1 aromatic rings. The second kappa shape index (κ2) is 5.54. The highest BCUT2D eigenvalue weighted by Gasteiger charge is 2.23. The van der Waals surface area contributed by atoms with Crippen molar-refractivity contribution < 1.29 is 9.90 Å². The van der Waals surface area contributed by atoms with Gasteiger partial charge in [-0.1, -0.05) is 22.0 Å². The zero-order valence-electron chi connectivity index (χ0n) is 9.60. The molecule has 1 unspecified atom stereocenters. The topological polar surface area (TPSA) is 40.5 Å². The Morgan fingerprint density at radius 2 is 2.35 bits per heavy atom. The molecule has 0 bridgehead atoms. The molecule has 1 aliphatic rings. The number of hydrogen-bond acceptors (Lipinski definition) is 2. The van der Waals surface area contributed by atoms with Gasteiger partial charge in [-0.25, -0.2) is 0 Å². The van der Waals surface area contributed by atoms with Crippen LogP contribution in [0.5, 0.6) is 5.75 Å². The van der Waals surface area contributed by atoms with Crippen LogP contribution in [0.4, 0.5) is 0 Å². The van der Waals surface area contributed by atoms with Crippen LogP contribution in [-0.4, -0.2) is 34.3 Å². The van der Waals surface area contributed by atoms with Crippen LogP contribution >= 0.6 is 15.9 Å². The van der Waals surface area contributed by atoms with Crippen molar-refractivity contribution >= 4 is 21.8 Å². The Balaban J connectivity index is 2.09. The third kappa shape index (κ3) is 3.00. The number of halogens is 1. The van der Waals surface area contributed by atoms with Crippen LogP contribution in [0, 0.1) is 5.92 Å². The predicted octanol–water partition coefficient (Wildman–Crippen LogP) is 2.64. The number of benzene rings is 1. The Hall–Kier alpha value is -1.03. The quantitative estimate of drug-likeness (QED) is 0.853. The molecule has 0 spiro atoms. The lowest BCUT2D eigenvalue weighted by molar-refractivity contribution is 0.0685. The Morgan fingerprint density at radius 3 is 3.06 bits per heavy atom. The minimum atomic E-state index is 0.0200. The maximum absolute atomic E-state index is 12.2. The molecule has 0 saturated carbocycles. The maximum Gasteiger partial charge on any atom is 0.253 e. The van der Waals surface area contributed by atoms with Gasteiger partial charge in [0.1, 0.15) is 5.75 Å². The standard InChI is InChI=1S/C13H16BrNO2/c14-8-10-3-2-6-15(9-10)13(17)11-4-1-5-12(16)7-11/h1,4-5,7,10,16H,2-3,6,8-9H2. The van der Waals surface area contributed by atoms with E-state index < -0.39 is 0 Å². The van der Waals surface area contributed by atoms with Gasteiger partial charge >= 0.3 is 0 Å². The summed E-state index contributed by atoms with van der Waals surface area (Å²) >= 11 is 3.48. The number of nitrogens with zero attached hydrogens (tertiary/aromatic N) is 1. The number of amides is 1. The van der Waals surface area contributed by atoms with E-state index in [1.165, 1.54) is 12.5 Å². The number of aromatic hydroxyl groups is 1. The third-order valence-electron chi connectivity index (χ3n) is 3.12. The minimum Gasteiger partial charge on any atom is -0.508 e. The second-order valence-electron chi connectivity index (χ2n) is 4.46. The van der Waals surface area contributed by atoms with Crippen molar-refractivity contribution in [1.29, 1.82) is 0 Å². The number of alkyl halides is 1. The van der Waals surface area contributed by atoms with E-state index in [2.05, 4.69) is 15.9 Å². The molecule has 1 saturated heterocycles. The van der Waals surface area contributed by atoms with Crippen molar-refractivity contribution in [1.82, 2.24) is 4.90 Å². The van der Waals surface area contributed by atoms with E-state index in [9.17, 15) is 9.90 Å². The van der Waals surface area contributed by atoms with E-state index in [-0.39, 0.29) is 11.7 Å². The molecule has 1 aliphatic heterocycles. The van der Waals surface area contributed by atoms with Crippen LogP contribution in [0.3, 0.4) is 0 Å². The van der Waals surface area contributed by atoms with Crippen LogP contribution in [0.15, 0.2) is 24.3 Å². The molecule has 4 heteroatoms. The van der Waals surface area contributed by atoms with Crippen LogP contribution in [0.1, 0.15) is 23.2 Å². The molecule has 17 heavy (non-hydrogen) atoms. The SMILES string of the molecule is O=C(c1cccc(O)c1)N1CCCC(CBr)C1. The lowest BCUT2D eigenvalue weighted by Crippen LogP contribution is -2.40. The van der Waals surface area contributed by atoms with Crippen LogP contribution < -0.4 is 0 Å².